The molecule has 10 heteroatoms. The number of thioether (sulfide) groups is 1. The van der Waals surface area contributed by atoms with E-state index < -0.39 is 17.2 Å². The fourth-order valence-corrected chi connectivity index (χ4v) is 3.35. The molecule has 25 heavy (non-hydrogen) atoms. The van der Waals surface area contributed by atoms with Crippen molar-refractivity contribution in [2.45, 2.75) is 10.9 Å². The van der Waals surface area contributed by atoms with Gasteiger partial charge in [-0.25, -0.2) is 14.6 Å². The first-order valence-electron chi connectivity index (χ1n) is 7.27. The lowest BCUT2D eigenvalue weighted by molar-refractivity contribution is 0.0563. The molecule has 0 amide bonds. The molecule has 0 aliphatic heterocycles. The van der Waals surface area contributed by atoms with E-state index in [1.807, 2.05) is 0 Å². The van der Waals surface area contributed by atoms with Crippen LogP contribution in [0.5, 0.6) is 0 Å². The first-order valence-corrected chi connectivity index (χ1v) is 8.26. The summed E-state index contributed by atoms with van der Waals surface area (Å²) in [6.07, 6.45) is 0. The quantitative estimate of drug-likeness (QED) is 0.495. The topological polar surface area (TPSA) is 101 Å². The number of aryl methyl sites for hydroxylation is 2. The zero-order valence-corrected chi connectivity index (χ0v) is 14.9. The Bertz CT molecular complexity index is 1090. The number of imidazole rings is 1. The molecule has 3 aromatic rings. The number of furan rings is 1. The molecule has 0 spiro atoms. The molecule has 0 bridgehead atoms. The Hall–Kier alpha value is -2.75. The van der Waals surface area contributed by atoms with Crippen molar-refractivity contribution in [2.24, 2.45) is 21.1 Å². The molecule has 3 heterocycles. The molecule has 0 saturated heterocycles. The minimum Gasteiger partial charge on any atom is -0.463 e. The molecule has 9 nitrogen and oxygen atoms in total. The molecular formula is C15H16N4O5S. The van der Waals surface area contributed by atoms with Crippen LogP contribution < -0.4 is 11.2 Å². The lowest BCUT2D eigenvalue weighted by Gasteiger charge is -2.05. The number of nitrogens with zero attached hydrogens (tertiary/aromatic N) is 4. The van der Waals surface area contributed by atoms with Crippen molar-refractivity contribution >= 4 is 28.9 Å². The predicted octanol–water partition coefficient (Wildman–Crippen LogP) is 0.643. The monoisotopic (exact) mass is 364 g/mol. The van der Waals surface area contributed by atoms with Gasteiger partial charge in [0.1, 0.15) is 5.76 Å². The van der Waals surface area contributed by atoms with E-state index in [4.69, 9.17) is 4.42 Å². The Morgan fingerprint density at radius 2 is 1.92 bits per heavy atom. The van der Waals surface area contributed by atoms with Gasteiger partial charge in [-0.1, -0.05) is 11.8 Å². The molecule has 0 atom stereocenters. The number of hydrogen-bond donors (Lipinski definition) is 0. The van der Waals surface area contributed by atoms with Crippen LogP contribution >= 0.6 is 11.8 Å². The maximum atomic E-state index is 12.2. The number of hydrogen-bond acceptors (Lipinski definition) is 7. The van der Waals surface area contributed by atoms with Crippen LogP contribution in [0.3, 0.4) is 0 Å². The van der Waals surface area contributed by atoms with Gasteiger partial charge in [0, 0.05) is 21.1 Å². The minimum atomic E-state index is -0.544. The van der Waals surface area contributed by atoms with Crippen LogP contribution in [-0.2, 0) is 31.6 Å². The van der Waals surface area contributed by atoms with E-state index in [-0.39, 0.29) is 11.3 Å². The maximum Gasteiger partial charge on any atom is 0.373 e. The van der Waals surface area contributed by atoms with Crippen molar-refractivity contribution in [3.8, 4) is 0 Å². The summed E-state index contributed by atoms with van der Waals surface area (Å²) in [6.45, 7) is 0. The van der Waals surface area contributed by atoms with Crippen molar-refractivity contribution in [2.75, 3.05) is 7.11 Å². The second-order valence-corrected chi connectivity index (χ2v) is 6.32. The number of carbonyl (C=O) groups is 1. The van der Waals surface area contributed by atoms with Crippen LogP contribution in [0.15, 0.2) is 31.3 Å². The van der Waals surface area contributed by atoms with Crippen molar-refractivity contribution in [3.05, 3.63) is 44.5 Å². The van der Waals surface area contributed by atoms with E-state index in [0.29, 0.717) is 22.3 Å². The Morgan fingerprint density at radius 3 is 2.60 bits per heavy atom. The van der Waals surface area contributed by atoms with Crippen molar-refractivity contribution in [3.63, 3.8) is 0 Å². The summed E-state index contributed by atoms with van der Waals surface area (Å²) in [5.41, 5.74) is -0.174. The smallest absolute Gasteiger partial charge is 0.373 e. The Morgan fingerprint density at radius 1 is 1.20 bits per heavy atom. The molecular weight excluding hydrogens is 348 g/mol. The van der Waals surface area contributed by atoms with Gasteiger partial charge in [-0.05, 0) is 12.1 Å². The summed E-state index contributed by atoms with van der Waals surface area (Å²) in [7, 11) is 6.03. The molecule has 0 saturated carbocycles. The highest BCUT2D eigenvalue weighted by molar-refractivity contribution is 7.98. The highest BCUT2D eigenvalue weighted by Crippen LogP contribution is 2.25. The van der Waals surface area contributed by atoms with Gasteiger partial charge in [-0.2, -0.15) is 0 Å². The fraction of sp³-hybridized carbons (Fsp3) is 0.333. The third kappa shape index (κ3) is 2.78. The summed E-state index contributed by atoms with van der Waals surface area (Å²) in [5, 5.41) is 0.560. The summed E-state index contributed by atoms with van der Waals surface area (Å²) < 4.78 is 14.1. The lowest BCUT2D eigenvalue weighted by Crippen LogP contribution is -2.37. The van der Waals surface area contributed by atoms with Crippen LogP contribution in [-0.4, -0.2) is 31.8 Å². The molecule has 0 N–H and O–H groups in total. The number of methoxy groups -OCH3 is 1. The molecule has 3 aromatic heterocycles. The largest absolute Gasteiger partial charge is 0.463 e. The molecule has 0 aromatic carbocycles. The van der Waals surface area contributed by atoms with E-state index in [9.17, 15) is 14.4 Å². The summed E-state index contributed by atoms with van der Waals surface area (Å²) in [4.78, 5) is 40.1. The number of aromatic nitrogens is 4. The first kappa shape index (κ1) is 17.1. The van der Waals surface area contributed by atoms with Gasteiger partial charge in [0.15, 0.2) is 16.3 Å². The van der Waals surface area contributed by atoms with E-state index in [2.05, 4.69) is 9.72 Å². The number of esters is 1. The molecule has 0 fully saturated rings. The molecule has 0 aliphatic carbocycles. The SMILES string of the molecule is COC(=O)c1ccc(CSc2nc3c(=O)n(C)c(=O)n(C)c3n2C)o1. The zero-order valence-electron chi connectivity index (χ0n) is 14.1. The predicted molar refractivity (Wildman–Crippen MR) is 90.8 cm³/mol. The van der Waals surface area contributed by atoms with Gasteiger partial charge < -0.3 is 13.7 Å². The average molecular weight is 364 g/mol. The van der Waals surface area contributed by atoms with Crippen LogP contribution in [0.4, 0.5) is 0 Å². The summed E-state index contributed by atoms with van der Waals surface area (Å²) >= 11 is 1.33. The Labute approximate surface area is 145 Å². The fourth-order valence-electron chi connectivity index (χ4n) is 2.49. The maximum absolute atomic E-state index is 12.2. The van der Waals surface area contributed by atoms with Crippen molar-refractivity contribution in [1.29, 1.82) is 0 Å². The molecule has 0 aliphatic rings. The molecule has 3 rings (SSSR count). The van der Waals surface area contributed by atoms with Gasteiger partial charge >= 0.3 is 11.7 Å². The Balaban J connectivity index is 1.94. The first-order chi connectivity index (χ1) is 11.8. The van der Waals surface area contributed by atoms with E-state index in [1.54, 1.807) is 24.7 Å². The van der Waals surface area contributed by atoms with E-state index in [0.717, 1.165) is 4.57 Å². The van der Waals surface area contributed by atoms with Gasteiger partial charge in [0.2, 0.25) is 5.76 Å². The van der Waals surface area contributed by atoms with Crippen molar-refractivity contribution in [1.82, 2.24) is 18.7 Å². The van der Waals surface area contributed by atoms with Gasteiger partial charge in [0.25, 0.3) is 5.56 Å². The van der Waals surface area contributed by atoms with Crippen LogP contribution in [0.1, 0.15) is 16.3 Å². The Kier molecular flexibility index (Phi) is 4.29. The van der Waals surface area contributed by atoms with Crippen LogP contribution in [0.25, 0.3) is 11.2 Å². The van der Waals surface area contributed by atoms with E-state index in [1.165, 1.54) is 36.6 Å². The van der Waals surface area contributed by atoms with Crippen LogP contribution in [0, 0.1) is 0 Å². The van der Waals surface area contributed by atoms with Gasteiger partial charge in [-0.3, -0.25) is 13.9 Å². The second kappa shape index (κ2) is 6.28. The standard InChI is InChI=1S/C15H16N4O5S/c1-17-11-10(12(20)19(3)15(22)18(11)2)16-14(17)25-7-8-5-6-9(24-8)13(21)23-4/h5-6H,7H2,1-4H3. The number of ether oxygens (including phenoxy) is 1. The van der Waals surface area contributed by atoms with Crippen LogP contribution in [0.2, 0.25) is 0 Å². The van der Waals surface area contributed by atoms with Crippen molar-refractivity contribution < 1.29 is 13.9 Å². The van der Waals surface area contributed by atoms with E-state index >= 15 is 0 Å². The highest BCUT2D eigenvalue weighted by Gasteiger charge is 2.18. The summed E-state index contributed by atoms with van der Waals surface area (Å²) in [5.74, 6) is 0.554. The molecule has 132 valence electrons. The second-order valence-electron chi connectivity index (χ2n) is 5.38. The minimum absolute atomic E-state index is 0.124. The number of rotatable bonds is 4. The normalized spacial score (nSPS) is 11.2. The number of carbonyl (C=O) groups excluding carboxylic acids is 1. The number of fused-ring (bicyclic) bond motifs is 1. The third-order valence-corrected chi connectivity index (χ3v) is 4.87. The average Bonchev–Trinajstić information content (AvgIpc) is 3.20. The molecule has 0 radical (unpaired) electrons. The highest BCUT2D eigenvalue weighted by atomic mass is 32.2. The third-order valence-electron chi connectivity index (χ3n) is 3.81. The van der Waals surface area contributed by atoms with Gasteiger partial charge in [-0.15, -0.1) is 0 Å². The lowest BCUT2D eigenvalue weighted by atomic mass is 10.4. The molecule has 0 unspecified atom stereocenters. The zero-order chi connectivity index (χ0) is 18.3. The summed E-state index contributed by atoms with van der Waals surface area (Å²) in [6, 6.07) is 3.22. The van der Waals surface area contributed by atoms with Gasteiger partial charge in [0.05, 0.1) is 12.9 Å².